The second kappa shape index (κ2) is 6.30. The number of hydrogen-bond donors (Lipinski definition) is 0. The number of aryl methyl sites for hydroxylation is 1. The lowest BCUT2D eigenvalue weighted by molar-refractivity contribution is 0.216. The Morgan fingerprint density at radius 2 is 2.26 bits per heavy atom. The van der Waals surface area contributed by atoms with Gasteiger partial charge in [-0.05, 0) is 33.2 Å². The Morgan fingerprint density at radius 3 is 3.00 bits per heavy atom. The van der Waals surface area contributed by atoms with Crippen LogP contribution >= 0.6 is 11.3 Å². The van der Waals surface area contributed by atoms with Crippen LogP contribution in [0.5, 0.6) is 0 Å². The molecule has 3 heterocycles. The molecule has 1 saturated heterocycles. The van der Waals surface area contributed by atoms with E-state index in [0.29, 0.717) is 12.0 Å². The van der Waals surface area contributed by atoms with Gasteiger partial charge in [-0.3, -0.25) is 9.80 Å². The highest BCUT2D eigenvalue weighted by molar-refractivity contribution is 7.11. The summed E-state index contributed by atoms with van der Waals surface area (Å²) < 4.78 is 5.35. The van der Waals surface area contributed by atoms with E-state index < -0.39 is 0 Å². The predicted molar refractivity (Wildman–Crippen MR) is 88.3 cm³/mol. The van der Waals surface area contributed by atoms with Gasteiger partial charge in [-0.2, -0.15) is 4.98 Å². The second-order valence-electron chi connectivity index (χ2n) is 6.76. The van der Waals surface area contributed by atoms with Crippen LogP contribution in [0, 0.1) is 6.92 Å². The van der Waals surface area contributed by atoms with E-state index in [1.807, 2.05) is 6.20 Å². The highest BCUT2D eigenvalue weighted by atomic mass is 32.1. The largest absolute Gasteiger partial charge is 0.339 e. The topological polar surface area (TPSA) is 58.3 Å². The molecule has 2 aromatic heterocycles. The summed E-state index contributed by atoms with van der Waals surface area (Å²) in [6.07, 6.45) is 5.61. The first-order valence-corrected chi connectivity index (χ1v) is 9.15. The highest BCUT2D eigenvalue weighted by Crippen LogP contribution is 2.38. The van der Waals surface area contributed by atoms with Crippen molar-refractivity contribution in [3.05, 3.63) is 27.8 Å². The van der Waals surface area contributed by atoms with Crippen LogP contribution in [0.3, 0.4) is 0 Å². The minimum absolute atomic E-state index is 0.534. The van der Waals surface area contributed by atoms with Crippen molar-refractivity contribution in [2.75, 3.05) is 20.1 Å². The molecule has 1 aliphatic heterocycles. The normalized spacial score (nSPS) is 22.3. The third-order valence-electron chi connectivity index (χ3n) is 4.72. The molecule has 0 aromatic carbocycles. The van der Waals surface area contributed by atoms with Gasteiger partial charge < -0.3 is 4.52 Å². The van der Waals surface area contributed by atoms with Crippen molar-refractivity contribution in [2.24, 2.45) is 0 Å². The summed E-state index contributed by atoms with van der Waals surface area (Å²) in [7, 11) is 2.16. The monoisotopic (exact) mass is 333 g/mol. The van der Waals surface area contributed by atoms with Gasteiger partial charge in [0.25, 0.3) is 0 Å². The third-order valence-corrected chi connectivity index (χ3v) is 5.62. The Balaban J connectivity index is 1.29. The first kappa shape index (κ1) is 15.2. The smallest absolute Gasteiger partial charge is 0.229 e. The Kier molecular flexibility index (Phi) is 4.17. The SMILES string of the molecule is Cc1ncc(CN2CC[C@H](N(C)Cc3noc(C4CC4)n3)C2)s1. The molecule has 1 atom stereocenters. The highest BCUT2D eigenvalue weighted by Gasteiger charge is 2.31. The maximum Gasteiger partial charge on any atom is 0.229 e. The molecule has 1 saturated carbocycles. The fourth-order valence-corrected chi connectivity index (χ4v) is 4.03. The number of likely N-dealkylation sites (tertiary alicyclic amines) is 1. The number of rotatable bonds is 6. The summed E-state index contributed by atoms with van der Waals surface area (Å²) in [5.41, 5.74) is 0. The molecule has 0 bridgehead atoms. The Labute approximate surface area is 140 Å². The molecule has 2 aliphatic rings. The van der Waals surface area contributed by atoms with Crippen LogP contribution in [-0.4, -0.2) is 51.1 Å². The molecule has 23 heavy (non-hydrogen) atoms. The standard InChI is InChI=1S/C16H23N5OS/c1-11-17-7-14(23-11)9-21-6-5-13(8-21)20(2)10-15-18-16(22-19-15)12-3-4-12/h7,12-13H,3-6,8-10H2,1-2H3/t13-/m0/s1. The number of likely N-dealkylation sites (N-methyl/N-ethyl adjacent to an activating group) is 1. The molecule has 4 rings (SSSR count). The van der Waals surface area contributed by atoms with E-state index in [9.17, 15) is 0 Å². The van der Waals surface area contributed by atoms with Crippen LogP contribution in [0.4, 0.5) is 0 Å². The van der Waals surface area contributed by atoms with Crippen LogP contribution < -0.4 is 0 Å². The quantitative estimate of drug-likeness (QED) is 0.809. The summed E-state index contributed by atoms with van der Waals surface area (Å²) >= 11 is 1.80. The summed E-state index contributed by atoms with van der Waals surface area (Å²) in [6, 6.07) is 0.562. The molecule has 124 valence electrons. The van der Waals surface area contributed by atoms with Crippen molar-refractivity contribution in [3.8, 4) is 0 Å². The molecular weight excluding hydrogens is 310 g/mol. The zero-order chi connectivity index (χ0) is 15.8. The zero-order valence-corrected chi connectivity index (χ0v) is 14.6. The van der Waals surface area contributed by atoms with E-state index >= 15 is 0 Å². The van der Waals surface area contributed by atoms with E-state index in [1.165, 1.54) is 24.1 Å². The fourth-order valence-electron chi connectivity index (χ4n) is 3.19. The molecule has 0 amide bonds. The third kappa shape index (κ3) is 3.62. The van der Waals surface area contributed by atoms with Gasteiger partial charge in [-0.15, -0.1) is 11.3 Å². The van der Waals surface area contributed by atoms with Gasteiger partial charge in [0.05, 0.1) is 11.6 Å². The van der Waals surface area contributed by atoms with Gasteiger partial charge in [0.15, 0.2) is 5.82 Å². The molecule has 6 nitrogen and oxygen atoms in total. The van der Waals surface area contributed by atoms with Crippen LogP contribution in [0.2, 0.25) is 0 Å². The minimum Gasteiger partial charge on any atom is -0.339 e. The molecule has 0 unspecified atom stereocenters. The van der Waals surface area contributed by atoms with Crippen molar-refractivity contribution < 1.29 is 4.52 Å². The van der Waals surface area contributed by atoms with E-state index in [0.717, 1.165) is 42.9 Å². The van der Waals surface area contributed by atoms with E-state index in [1.54, 1.807) is 11.3 Å². The van der Waals surface area contributed by atoms with Gasteiger partial charge in [0.2, 0.25) is 5.89 Å². The molecule has 0 spiro atoms. The minimum atomic E-state index is 0.534. The lowest BCUT2D eigenvalue weighted by atomic mass is 10.2. The van der Waals surface area contributed by atoms with Gasteiger partial charge in [0, 0.05) is 42.7 Å². The van der Waals surface area contributed by atoms with Crippen molar-refractivity contribution in [1.29, 1.82) is 0 Å². The van der Waals surface area contributed by atoms with Gasteiger partial charge in [0.1, 0.15) is 0 Å². The van der Waals surface area contributed by atoms with Crippen LogP contribution in [-0.2, 0) is 13.1 Å². The maximum absolute atomic E-state index is 5.35. The number of hydrogen-bond acceptors (Lipinski definition) is 7. The maximum atomic E-state index is 5.35. The van der Waals surface area contributed by atoms with E-state index in [-0.39, 0.29) is 0 Å². The predicted octanol–water partition coefficient (Wildman–Crippen LogP) is 2.42. The van der Waals surface area contributed by atoms with E-state index in [4.69, 9.17) is 4.52 Å². The summed E-state index contributed by atoms with van der Waals surface area (Å²) in [6.45, 7) is 6.10. The van der Waals surface area contributed by atoms with Gasteiger partial charge in [-0.25, -0.2) is 4.98 Å². The molecule has 2 aromatic rings. The molecule has 7 heteroatoms. The van der Waals surface area contributed by atoms with Crippen LogP contribution in [0.25, 0.3) is 0 Å². The van der Waals surface area contributed by atoms with Gasteiger partial charge in [-0.1, -0.05) is 5.16 Å². The fraction of sp³-hybridized carbons (Fsp3) is 0.688. The van der Waals surface area contributed by atoms with Crippen molar-refractivity contribution >= 4 is 11.3 Å². The van der Waals surface area contributed by atoms with E-state index in [2.05, 4.69) is 38.9 Å². The molecule has 0 radical (unpaired) electrons. The van der Waals surface area contributed by atoms with Gasteiger partial charge >= 0.3 is 0 Å². The van der Waals surface area contributed by atoms with Crippen LogP contribution in [0.15, 0.2) is 10.7 Å². The molecule has 1 aliphatic carbocycles. The first-order valence-electron chi connectivity index (χ1n) is 8.34. The van der Waals surface area contributed by atoms with Crippen molar-refractivity contribution in [2.45, 2.75) is 51.2 Å². The van der Waals surface area contributed by atoms with Crippen molar-refractivity contribution in [3.63, 3.8) is 0 Å². The molecule has 2 fully saturated rings. The Morgan fingerprint density at radius 1 is 1.39 bits per heavy atom. The molecular formula is C16H23N5OS. The summed E-state index contributed by atoms with van der Waals surface area (Å²) in [4.78, 5) is 15.1. The lowest BCUT2D eigenvalue weighted by Crippen LogP contribution is -2.34. The number of thiazole rings is 1. The summed E-state index contributed by atoms with van der Waals surface area (Å²) in [5.74, 6) is 2.19. The average Bonchev–Trinajstić information content (AvgIpc) is 2.93. The second-order valence-corrected chi connectivity index (χ2v) is 8.08. The average molecular weight is 333 g/mol. The number of aromatic nitrogens is 3. The Bertz CT molecular complexity index is 665. The van der Waals surface area contributed by atoms with Crippen LogP contribution in [0.1, 0.15) is 46.8 Å². The molecule has 0 N–H and O–H groups in total. The number of nitrogens with zero attached hydrogens (tertiary/aromatic N) is 5. The lowest BCUT2D eigenvalue weighted by Gasteiger charge is -2.23. The zero-order valence-electron chi connectivity index (χ0n) is 13.7. The Hall–Kier alpha value is -1.31. The first-order chi connectivity index (χ1) is 11.2. The van der Waals surface area contributed by atoms with Crippen molar-refractivity contribution in [1.82, 2.24) is 24.9 Å². The summed E-state index contributed by atoms with van der Waals surface area (Å²) in [5, 5.41) is 5.28.